The van der Waals surface area contributed by atoms with Gasteiger partial charge in [0, 0.05) is 12.6 Å². The smallest absolute Gasteiger partial charge is 0.683 e. The Kier molecular flexibility index (Phi) is 15.3. The number of allylic oxidation sites excluding steroid dienone is 1. The van der Waals surface area contributed by atoms with Crippen molar-refractivity contribution in [1.82, 2.24) is 0 Å². The van der Waals surface area contributed by atoms with Crippen molar-refractivity contribution in [1.29, 1.82) is 0 Å². The van der Waals surface area contributed by atoms with Gasteiger partial charge < -0.3 is 4.74 Å². The van der Waals surface area contributed by atoms with Crippen LogP contribution in [0.1, 0.15) is 58.1 Å². The summed E-state index contributed by atoms with van der Waals surface area (Å²) in [7, 11) is 3.34. The van der Waals surface area contributed by atoms with Gasteiger partial charge >= 0.3 is 31.1 Å². The number of rotatable bonds is 8. The van der Waals surface area contributed by atoms with Gasteiger partial charge in [0.25, 0.3) is 0 Å². The third-order valence-corrected chi connectivity index (χ3v) is 3.92. The molecule has 2 aromatic carbocycles. The minimum Gasteiger partial charge on any atom is -0.683 e. The molecule has 4 heteroatoms. The summed E-state index contributed by atoms with van der Waals surface area (Å²) >= 11 is 0. The molecule has 0 N–H and O–H groups in total. The van der Waals surface area contributed by atoms with Crippen molar-refractivity contribution in [3.05, 3.63) is 78.5 Å². The number of aliphatic imine (C=N–C) groups is 1. The first kappa shape index (κ1) is 27.4. The van der Waals surface area contributed by atoms with Crippen LogP contribution in [-0.4, -0.2) is 11.5 Å². The zero-order chi connectivity index (χ0) is 20.8. The van der Waals surface area contributed by atoms with Gasteiger partial charge in [-0.2, -0.15) is 19.2 Å². The van der Waals surface area contributed by atoms with Crippen molar-refractivity contribution in [2.24, 2.45) is 4.99 Å². The standard InChI is InChI=1S/C16H19NO2.C9H12.U/c1-5-7-12(2)17-16(13(3)18)11-14-8-6-9-15(10-14)19-4;1-2-6-9-7-4-3-5-8-9;/h6,8,10-11H,4-5,7H2,1-3H3;3-5,7-8H,2,6H2,1H3;/q-2;;+2/b16-11+,17-12?;;. The van der Waals surface area contributed by atoms with Crippen molar-refractivity contribution in [3.8, 4) is 5.75 Å². The van der Waals surface area contributed by atoms with Gasteiger partial charge in [0.15, 0.2) is 5.78 Å². The van der Waals surface area contributed by atoms with Crippen LogP contribution in [0.2, 0.25) is 0 Å². The van der Waals surface area contributed by atoms with E-state index in [1.54, 1.807) is 18.2 Å². The van der Waals surface area contributed by atoms with E-state index in [9.17, 15) is 4.79 Å². The molecule has 0 amide bonds. The first-order valence-corrected chi connectivity index (χ1v) is 9.74. The summed E-state index contributed by atoms with van der Waals surface area (Å²) in [6, 6.07) is 18.8. The summed E-state index contributed by atoms with van der Waals surface area (Å²) in [6.45, 7) is 7.74. The molecule has 152 valence electrons. The van der Waals surface area contributed by atoms with Gasteiger partial charge in [0.05, 0.1) is 0 Å². The second-order valence-electron chi connectivity index (χ2n) is 6.55. The first-order valence-electron chi connectivity index (χ1n) is 9.74. The molecule has 0 unspecified atom stereocenters. The molecule has 3 nitrogen and oxygen atoms in total. The third-order valence-electron chi connectivity index (χ3n) is 3.92. The number of ether oxygens (including phenoxy) is 1. The van der Waals surface area contributed by atoms with Crippen LogP contribution in [0, 0.1) is 44.3 Å². The number of carbonyl (C=O) groups is 1. The largest absolute Gasteiger partial charge is 2.00 e. The zero-order valence-electron chi connectivity index (χ0n) is 18.0. The normalized spacial score (nSPS) is 11.1. The maximum atomic E-state index is 11.6. The van der Waals surface area contributed by atoms with Crippen LogP contribution < -0.4 is 4.74 Å². The molecule has 0 aliphatic heterocycles. The number of carbonyl (C=O) groups excluding carboxylic acids is 1. The molecular formula is C25H31NO2U. The van der Waals surface area contributed by atoms with E-state index in [1.807, 2.05) is 13.0 Å². The summed E-state index contributed by atoms with van der Waals surface area (Å²) < 4.78 is 4.86. The van der Waals surface area contributed by atoms with Crippen molar-refractivity contribution in [2.45, 2.75) is 53.4 Å². The van der Waals surface area contributed by atoms with Crippen LogP contribution in [-0.2, 0) is 11.2 Å². The summed E-state index contributed by atoms with van der Waals surface area (Å²) in [5.41, 5.74) is 3.70. The summed E-state index contributed by atoms with van der Waals surface area (Å²) in [6.07, 6.45) is 6.10. The molecule has 0 spiro atoms. The van der Waals surface area contributed by atoms with Crippen molar-refractivity contribution in [2.75, 3.05) is 0 Å². The van der Waals surface area contributed by atoms with Gasteiger partial charge in [-0.05, 0) is 37.2 Å². The Labute approximate surface area is 200 Å². The van der Waals surface area contributed by atoms with Crippen LogP contribution in [0.3, 0.4) is 0 Å². The number of benzene rings is 2. The molecule has 0 atom stereocenters. The van der Waals surface area contributed by atoms with E-state index in [1.165, 1.54) is 25.3 Å². The molecule has 2 rings (SSSR count). The van der Waals surface area contributed by atoms with E-state index >= 15 is 0 Å². The Morgan fingerprint density at radius 3 is 2.38 bits per heavy atom. The average molecular weight is 616 g/mol. The number of nitrogens with zero attached hydrogens (tertiary/aromatic N) is 1. The molecular weight excluding hydrogens is 584 g/mol. The van der Waals surface area contributed by atoms with E-state index in [0.717, 1.165) is 24.1 Å². The fourth-order valence-corrected chi connectivity index (χ4v) is 2.56. The Morgan fingerprint density at radius 2 is 1.83 bits per heavy atom. The second kappa shape index (κ2) is 16.2. The van der Waals surface area contributed by atoms with Crippen molar-refractivity contribution >= 4 is 17.6 Å². The predicted molar refractivity (Wildman–Crippen MR) is 118 cm³/mol. The Hall–Kier alpha value is -1.63. The fourth-order valence-electron chi connectivity index (χ4n) is 2.56. The molecule has 0 fully saturated rings. The molecule has 0 saturated heterocycles. The van der Waals surface area contributed by atoms with E-state index in [4.69, 9.17) is 4.74 Å². The molecule has 0 aliphatic rings. The van der Waals surface area contributed by atoms with Gasteiger partial charge in [-0.1, -0.05) is 57.0 Å². The monoisotopic (exact) mass is 615 g/mol. The zero-order valence-corrected chi connectivity index (χ0v) is 22.2. The van der Waals surface area contributed by atoms with Crippen LogP contribution in [0.25, 0.3) is 6.08 Å². The summed E-state index contributed by atoms with van der Waals surface area (Å²) in [5.74, 6) is 0.478. The SMILES string of the molecule is CCCc1ccccc1.[CH2-]Oc1[c-]ccc(/C=C(/N=C(C)CCC)C(C)=O)c1.[U+2]. The molecule has 0 aromatic heterocycles. The first-order chi connectivity index (χ1) is 13.5. The van der Waals surface area contributed by atoms with Gasteiger partial charge in [-0.3, -0.25) is 9.79 Å². The van der Waals surface area contributed by atoms with E-state index < -0.39 is 0 Å². The molecule has 0 saturated carbocycles. The van der Waals surface area contributed by atoms with Gasteiger partial charge in [-0.15, -0.1) is 17.7 Å². The number of Topliss-reactive ketones (excluding diaryl/α,β-unsaturated/α-hetero) is 1. The number of hydrogen-bond acceptors (Lipinski definition) is 3. The summed E-state index contributed by atoms with van der Waals surface area (Å²) in [5, 5.41) is 0. The quantitative estimate of drug-likeness (QED) is 0.194. The topological polar surface area (TPSA) is 38.7 Å². The van der Waals surface area contributed by atoms with Crippen LogP contribution in [0.4, 0.5) is 0 Å². The Bertz CT molecular complexity index is 782. The minimum atomic E-state index is -0.0552. The van der Waals surface area contributed by atoms with Gasteiger partial charge in [0.2, 0.25) is 0 Å². The van der Waals surface area contributed by atoms with E-state index in [0.29, 0.717) is 11.4 Å². The number of ketones is 1. The fraction of sp³-hybridized carbons (Fsp3) is 0.320. The predicted octanol–water partition coefficient (Wildman–Crippen LogP) is 6.49. The molecule has 0 bridgehead atoms. The van der Waals surface area contributed by atoms with Crippen molar-refractivity contribution < 1.29 is 40.6 Å². The van der Waals surface area contributed by atoms with E-state index in [-0.39, 0.29) is 36.9 Å². The molecule has 2 aromatic rings. The third kappa shape index (κ3) is 11.8. The Balaban J connectivity index is 0.000000658. The van der Waals surface area contributed by atoms with Gasteiger partial charge in [-0.25, -0.2) is 0 Å². The minimum absolute atomic E-state index is 0. The second-order valence-corrected chi connectivity index (χ2v) is 6.55. The van der Waals surface area contributed by atoms with E-state index in [2.05, 4.69) is 62.3 Å². The van der Waals surface area contributed by atoms with Gasteiger partial charge in [0.1, 0.15) is 5.70 Å². The molecule has 0 aliphatic carbocycles. The van der Waals surface area contributed by atoms with Crippen LogP contribution in [0.15, 0.2) is 59.2 Å². The summed E-state index contributed by atoms with van der Waals surface area (Å²) in [4.78, 5) is 16.0. The molecule has 0 heterocycles. The van der Waals surface area contributed by atoms with Crippen LogP contribution >= 0.6 is 0 Å². The number of aryl methyl sites for hydroxylation is 1. The average Bonchev–Trinajstić information content (AvgIpc) is 2.69. The van der Waals surface area contributed by atoms with Crippen molar-refractivity contribution in [3.63, 3.8) is 0 Å². The maximum Gasteiger partial charge on any atom is 2.00 e. The molecule has 29 heavy (non-hydrogen) atoms. The maximum absolute atomic E-state index is 11.6. The van der Waals surface area contributed by atoms with Crippen LogP contribution in [0.5, 0.6) is 5.75 Å². The molecule has 0 radical (unpaired) electrons. The Morgan fingerprint density at radius 1 is 1.14 bits per heavy atom. The number of hydrogen-bond donors (Lipinski definition) is 0.